The summed E-state index contributed by atoms with van der Waals surface area (Å²) in [5.74, 6) is 0.582. The Hall–Kier alpha value is -2.28. The first-order chi connectivity index (χ1) is 13.2. The molecule has 1 saturated heterocycles. The number of carbonyl (C=O) groups is 2. The Morgan fingerprint density at radius 1 is 1.29 bits per heavy atom. The molecular weight excluding hydrogens is 360 g/mol. The van der Waals surface area contributed by atoms with E-state index in [2.05, 4.69) is 0 Å². The molecule has 1 atom stereocenters. The predicted octanol–water partition coefficient (Wildman–Crippen LogP) is 3.07. The maximum absolute atomic E-state index is 12.8. The SMILES string of the molecule is COc1cccc(CN(C)C(=O)CN(CC2CCCO2)C(=O)OC(C)(C)C)c1. The van der Waals surface area contributed by atoms with E-state index in [0.717, 1.165) is 24.2 Å². The van der Waals surface area contributed by atoms with Crippen LogP contribution in [0.1, 0.15) is 39.2 Å². The van der Waals surface area contributed by atoms with E-state index in [1.54, 1.807) is 19.1 Å². The van der Waals surface area contributed by atoms with E-state index in [0.29, 0.717) is 19.7 Å². The van der Waals surface area contributed by atoms with E-state index in [-0.39, 0.29) is 18.6 Å². The van der Waals surface area contributed by atoms with Crippen molar-refractivity contribution in [3.05, 3.63) is 29.8 Å². The molecule has 0 saturated carbocycles. The third-order valence-electron chi connectivity index (χ3n) is 4.41. The molecule has 28 heavy (non-hydrogen) atoms. The molecule has 156 valence electrons. The first kappa shape index (κ1) is 22.0. The maximum atomic E-state index is 12.8. The first-order valence-electron chi connectivity index (χ1n) is 9.64. The Bertz CT molecular complexity index is 665. The van der Waals surface area contributed by atoms with Crippen LogP contribution >= 0.6 is 0 Å². The molecule has 1 aliphatic rings. The molecule has 0 N–H and O–H groups in total. The molecule has 1 fully saturated rings. The molecule has 1 unspecified atom stereocenters. The largest absolute Gasteiger partial charge is 0.497 e. The van der Waals surface area contributed by atoms with Gasteiger partial charge in [-0.1, -0.05) is 12.1 Å². The molecule has 1 aliphatic heterocycles. The van der Waals surface area contributed by atoms with Crippen LogP contribution in [0.3, 0.4) is 0 Å². The third kappa shape index (κ3) is 7.03. The Balaban J connectivity index is 2.01. The smallest absolute Gasteiger partial charge is 0.410 e. The normalized spacial score (nSPS) is 16.5. The molecular formula is C21H32N2O5. The highest BCUT2D eigenvalue weighted by Gasteiger charge is 2.29. The number of likely N-dealkylation sites (N-methyl/N-ethyl adjacent to an activating group) is 1. The zero-order chi connectivity index (χ0) is 20.7. The second kappa shape index (κ2) is 9.78. The van der Waals surface area contributed by atoms with Gasteiger partial charge in [0, 0.05) is 20.2 Å². The average Bonchev–Trinajstić information content (AvgIpc) is 3.12. The van der Waals surface area contributed by atoms with Crippen molar-refractivity contribution < 1.29 is 23.8 Å². The molecule has 0 aromatic heterocycles. The Labute approximate surface area is 167 Å². The van der Waals surface area contributed by atoms with Crippen LogP contribution < -0.4 is 4.74 Å². The van der Waals surface area contributed by atoms with Crippen molar-refractivity contribution >= 4 is 12.0 Å². The Morgan fingerprint density at radius 2 is 2.04 bits per heavy atom. The van der Waals surface area contributed by atoms with E-state index < -0.39 is 11.7 Å². The monoisotopic (exact) mass is 392 g/mol. The summed E-state index contributed by atoms with van der Waals surface area (Å²) < 4.78 is 16.3. The molecule has 0 bridgehead atoms. The van der Waals surface area contributed by atoms with Crippen molar-refractivity contribution in [3.8, 4) is 5.75 Å². The highest BCUT2D eigenvalue weighted by atomic mass is 16.6. The topological polar surface area (TPSA) is 68.3 Å². The fourth-order valence-corrected chi connectivity index (χ4v) is 2.98. The number of methoxy groups -OCH3 is 1. The fraction of sp³-hybridized carbons (Fsp3) is 0.619. The van der Waals surface area contributed by atoms with Gasteiger partial charge in [0.25, 0.3) is 0 Å². The molecule has 0 spiro atoms. The van der Waals surface area contributed by atoms with Crippen molar-refractivity contribution in [3.63, 3.8) is 0 Å². The van der Waals surface area contributed by atoms with Gasteiger partial charge in [-0.3, -0.25) is 9.69 Å². The van der Waals surface area contributed by atoms with Crippen molar-refractivity contribution in [2.75, 3.05) is 33.9 Å². The number of rotatable bonds is 7. The summed E-state index contributed by atoms with van der Waals surface area (Å²) in [5, 5.41) is 0. The maximum Gasteiger partial charge on any atom is 0.410 e. The van der Waals surface area contributed by atoms with E-state index in [4.69, 9.17) is 14.2 Å². The molecule has 2 amide bonds. The second-order valence-electron chi connectivity index (χ2n) is 8.10. The van der Waals surface area contributed by atoms with Crippen molar-refractivity contribution in [1.29, 1.82) is 0 Å². The number of ether oxygens (including phenoxy) is 3. The molecule has 1 aromatic rings. The lowest BCUT2D eigenvalue weighted by Crippen LogP contribution is -2.46. The molecule has 0 aliphatic carbocycles. The number of benzene rings is 1. The van der Waals surface area contributed by atoms with Crippen molar-refractivity contribution in [2.24, 2.45) is 0 Å². The lowest BCUT2D eigenvalue weighted by Gasteiger charge is -2.30. The van der Waals surface area contributed by atoms with E-state index in [1.165, 1.54) is 4.90 Å². The summed E-state index contributed by atoms with van der Waals surface area (Å²) in [4.78, 5) is 28.4. The van der Waals surface area contributed by atoms with Crippen molar-refractivity contribution in [2.45, 2.75) is 51.9 Å². The third-order valence-corrected chi connectivity index (χ3v) is 4.41. The van der Waals surface area contributed by atoms with Gasteiger partial charge in [0.05, 0.1) is 19.8 Å². The molecule has 7 nitrogen and oxygen atoms in total. The number of hydrogen-bond donors (Lipinski definition) is 0. The zero-order valence-corrected chi connectivity index (χ0v) is 17.6. The minimum absolute atomic E-state index is 0.0464. The first-order valence-corrected chi connectivity index (χ1v) is 9.64. The molecule has 1 aromatic carbocycles. The molecule has 1 heterocycles. The van der Waals surface area contributed by atoms with Gasteiger partial charge in [-0.05, 0) is 51.3 Å². The summed E-state index contributed by atoms with van der Waals surface area (Å²) in [6, 6.07) is 7.57. The van der Waals surface area contributed by atoms with Gasteiger partial charge in [-0.15, -0.1) is 0 Å². The Morgan fingerprint density at radius 3 is 2.64 bits per heavy atom. The van der Waals surface area contributed by atoms with Gasteiger partial charge in [0.1, 0.15) is 17.9 Å². The lowest BCUT2D eigenvalue weighted by atomic mass is 10.2. The van der Waals surface area contributed by atoms with E-state index in [9.17, 15) is 9.59 Å². The van der Waals surface area contributed by atoms with E-state index in [1.807, 2.05) is 45.0 Å². The summed E-state index contributed by atoms with van der Waals surface area (Å²) in [5.41, 5.74) is 0.333. The van der Waals surface area contributed by atoms with Gasteiger partial charge < -0.3 is 19.1 Å². The van der Waals surface area contributed by atoms with Crippen LogP contribution in [-0.4, -0.2) is 67.4 Å². The van der Waals surface area contributed by atoms with Gasteiger partial charge in [0.15, 0.2) is 0 Å². The molecule has 2 rings (SSSR count). The quantitative estimate of drug-likeness (QED) is 0.713. The highest BCUT2D eigenvalue weighted by Crippen LogP contribution is 2.17. The van der Waals surface area contributed by atoms with Gasteiger partial charge in [-0.25, -0.2) is 4.79 Å². The van der Waals surface area contributed by atoms with Crippen LogP contribution in [0.4, 0.5) is 4.79 Å². The number of carbonyl (C=O) groups excluding carboxylic acids is 2. The summed E-state index contributed by atoms with van der Waals surface area (Å²) in [6.45, 7) is 6.86. The summed E-state index contributed by atoms with van der Waals surface area (Å²) in [7, 11) is 3.33. The van der Waals surface area contributed by atoms with Crippen LogP contribution in [0.15, 0.2) is 24.3 Å². The summed E-state index contributed by atoms with van der Waals surface area (Å²) >= 11 is 0. The van der Waals surface area contributed by atoms with Gasteiger partial charge in [-0.2, -0.15) is 0 Å². The number of amides is 2. The van der Waals surface area contributed by atoms with Crippen LogP contribution in [0.25, 0.3) is 0 Å². The minimum atomic E-state index is -0.624. The van der Waals surface area contributed by atoms with Crippen LogP contribution in [0, 0.1) is 0 Å². The van der Waals surface area contributed by atoms with Crippen molar-refractivity contribution in [1.82, 2.24) is 9.80 Å². The zero-order valence-electron chi connectivity index (χ0n) is 17.6. The van der Waals surface area contributed by atoms with Crippen LogP contribution in [-0.2, 0) is 20.8 Å². The molecule has 0 radical (unpaired) electrons. The van der Waals surface area contributed by atoms with Crippen LogP contribution in [0.5, 0.6) is 5.75 Å². The number of hydrogen-bond acceptors (Lipinski definition) is 5. The highest BCUT2D eigenvalue weighted by molar-refractivity contribution is 5.82. The molecule has 7 heteroatoms. The minimum Gasteiger partial charge on any atom is -0.497 e. The van der Waals surface area contributed by atoms with Gasteiger partial charge >= 0.3 is 6.09 Å². The fourth-order valence-electron chi connectivity index (χ4n) is 2.98. The number of nitrogens with zero attached hydrogens (tertiary/aromatic N) is 2. The van der Waals surface area contributed by atoms with Crippen LogP contribution in [0.2, 0.25) is 0 Å². The summed E-state index contributed by atoms with van der Waals surface area (Å²) in [6.07, 6.45) is 1.30. The lowest BCUT2D eigenvalue weighted by molar-refractivity contribution is -0.132. The standard InChI is InChI=1S/C21H32N2O5/c1-21(2,3)28-20(25)23(14-18-10-7-11-27-18)15-19(24)22(4)13-16-8-6-9-17(12-16)26-5/h6,8-9,12,18H,7,10-11,13-15H2,1-5H3. The average molecular weight is 392 g/mol. The van der Waals surface area contributed by atoms with E-state index >= 15 is 0 Å². The second-order valence-corrected chi connectivity index (χ2v) is 8.10. The van der Waals surface area contributed by atoms with Gasteiger partial charge in [0.2, 0.25) is 5.91 Å². The predicted molar refractivity (Wildman–Crippen MR) is 106 cm³/mol. The Kier molecular flexibility index (Phi) is 7.69.